The third-order valence-electron chi connectivity index (χ3n) is 10.3. The van der Waals surface area contributed by atoms with E-state index in [0.717, 1.165) is 44.1 Å². The molecular weight excluding hydrogens is 580 g/mol. The van der Waals surface area contributed by atoms with Crippen LogP contribution in [0.25, 0.3) is 0 Å². The summed E-state index contributed by atoms with van der Waals surface area (Å²) >= 11 is 0. The molecule has 254 valence electrons. The number of phenols is 1. The molecule has 1 aliphatic rings. The Morgan fingerprint density at radius 2 is 1.63 bits per heavy atom. The average molecular weight is 637 g/mol. The highest BCUT2D eigenvalue weighted by atomic mass is 16.3. The van der Waals surface area contributed by atoms with Crippen molar-refractivity contribution < 1.29 is 24.6 Å². The third-order valence-corrected chi connectivity index (χ3v) is 10.3. The highest BCUT2D eigenvalue weighted by molar-refractivity contribution is 6.09. The molecule has 1 aliphatic carbocycles. The fourth-order valence-corrected chi connectivity index (χ4v) is 6.65. The normalized spacial score (nSPS) is 18.7. The number of hydrogen-bond donors (Lipinski definition) is 5. The molecule has 1 amide bonds. The molecule has 7 N–H and O–H groups in total. The van der Waals surface area contributed by atoms with Crippen molar-refractivity contribution in [2.24, 2.45) is 35.1 Å². The number of benzene rings is 1. The minimum Gasteiger partial charge on any atom is -0.508 e. The van der Waals surface area contributed by atoms with Crippen molar-refractivity contribution in [1.82, 2.24) is 10.3 Å². The summed E-state index contributed by atoms with van der Waals surface area (Å²) in [6, 6.07) is 7.14. The summed E-state index contributed by atoms with van der Waals surface area (Å²) in [6.45, 7) is 11.6. The summed E-state index contributed by atoms with van der Waals surface area (Å²) in [7, 11) is 0. The van der Waals surface area contributed by atoms with E-state index < -0.39 is 23.6 Å². The van der Waals surface area contributed by atoms with Gasteiger partial charge in [-0.25, -0.2) is 0 Å². The SMILES string of the molecule is CC[C@H](C)[C@H](N)C(=O)NCc1cc(C(=O)CC(C)c2ccc(O)cc2)c(C(=O)C(C[C@](O)(C2CCCCC2)[C@H](C)N)C(C)C)cn1. The second-order valence-electron chi connectivity index (χ2n) is 14.0. The first-order chi connectivity index (χ1) is 21.7. The van der Waals surface area contributed by atoms with E-state index in [1.165, 1.54) is 6.20 Å². The molecule has 0 aliphatic heterocycles. The molecule has 1 aromatic heterocycles. The maximum absolute atomic E-state index is 14.4. The van der Waals surface area contributed by atoms with Gasteiger partial charge in [0.2, 0.25) is 5.91 Å². The van der Waals surface area contributed by atoms with Crippen LogP contribution in [0.1, 0.15) is 131 Å². The van der Waals surface area contributed by atoms with Gasteiger partial charge in [-0.15, -0.1) is 0 Å². The number of aromatic nitrogens is 1. The van der Waals surface area contributed by atoms with Crippen molar-refractivity contribution >= 4 is 17.5 Å². The van der Waals surface area contributed by atoms with Crippen LogP contribution in [0.5, 0.6) is 5.75 Å². The van der Waals surface area contributed by atoms with Crippen LogP contribution in [0.2, 0.25) is 0 Å². The van der Waals surface area contributed by atoms with Gasteiger partial charge < -0.3 is 27.0 Å². The van der Waals surface area contributed by atoms with Crippen LogP contribution in [-0.2, 0) is 11.3 Å². The number of nitrogens with one attached hydrogen (secondary N) is 1. The highest BCUT2D eigenvalue weighted by Crippen LogP contribution is 2.40. The molecular formula is C37H56N4O5. The van der Waals surface area contributed by atoms with Crippen molar-refractivity contribution in [3.8, 4) is 5.75 Å². The van der Waals surface area contributed by atoms with Gasteiger partial charge >= 0.3 is 0 Å². The lowest BCUT2D eigenvalue weighted by atomic mass is 9.67. The minimum atomic E-state index is -1.21. The molecule has 0 bridgehead atoms. The number of pyridine rings is 1. The number of amides is 1. The Kier molecular flexibility index (Phi) is 13.5. The van der Waals surface area contributed by atoms with Crippen LogP contribution in [0, 0.1) is 23.7 Å². The molecule has 1 aromatic carbocycles. The summed E-state index contributed by atoms with van der Waals surface area (Å²) in [4.78, 5) is 45.6. The number of carbonyl (C=O) groups is 3. The Balaban J connectivity index is 1.97. The lowest BCUT2D eigenvalue weighted by Gasteiger charge is -2.43. The molecule has 9 heteroatoms. The number of ketones is 2. The first-order valence-corrected chi connectivity index (χ1v) is 17.1. The van der Waals surface area contributed by atoms with E-state index in [1.54, 1.807) is 30.3 Å². The molecule has 9 nitrogen and oxygen atoms in total. The zero-order valence-electron chi connectivity index (χ0n) is 28.6. The van der Waals surface area contributed by atoms with Crippen molar-refractivity contribution in [2.75, 3.05) is 0 Å². The molecule has 1 heterocycles. The smallest absolute Gasteiger partial charge is 0.237 e. The topological polar surface area (TPSA) is 169 Å². The maximum Gasteiger partial charge on any atom is 0.237 e. The fourth-order valence-electron chi connectivity index (χ4n) is 6.65. The van der Waals surface area contributed by atoms with Crippen molar-refractivity contribution in [3.05, 3.63) is 58.9 Å². The van der Waals surface area contributed by atoms with Crippen LogP contribution in [0.3, 0.4) is 0 Å². The van der Waals surface area contributed by atoms with Crippen LogP contribution < -0.4 is 16.8 Å². The monoisotopic (exact) mass is 636 g/mol. The van der Waals surface area contributed by atoms with Gasteiger partial charge in [-0.3, -0.25) is 19.4 Å². The molecule has 0 radical (unpaired) electrons. The van der Waals surface area contributed by atoms with E-state index in [9.17, 15) is 24.6 Å². The molecule has 2 aromatic rings. The van der Waals surface area contributed by atoms with E-state index in [4.69, 9.17) is 11.5 Å². The Morgan fingerprint density at radius 1 is 1.00 bits per heavy atom. The zero-order valence-corrected chi connectivity index (χ0v) is 28.6. The lowest BCUT2D eigenvalue weighted by Crippen LogP contribution is -2.54. The van der Waals surface area contributed by atoms with E-state index in [-0.39, 0.29) is 77.4 Å². The second-order valence-corrected chi connectivity index (χ2v) is 14.0. The van der Waals surface area contributed by atoms with Crippen LogP contribution in [0.15, 0.2) is 36.5 Å². The van der Waals surface area contributed by atoms with E-state index in [1.807, 2.05) is 41.5 Å². The molecule has 0 saturated heterocycles. The van der Waals surface area contributed by atoms with Crippen molar-refractivity contribution in [1.29, 1.82) is 0 Å². The Labute approximate surface area is 274 Å². The summed E-state index contributed by atoms with van der Waals surface area (Å²) in [5.41, 5.74) is 13.1. The van der Waals surface area contributed by atoms with Gasteiger partial charge in [0.05, 0.1) is 23.9 Å². The van der Waals surface area contributed by atoms with E-state index in [0.29, 0.717) is 5.69 Å². The Morgan fingerprint density at radius 3 is 2.20 bits per heavy atom. The number of aliphatic hydroxyl groups is 1. The summed E-state index contributed by atoms with van der Waals surface area (Å²) in [5, 5.41) is 24.6. The van der Waals surface area contributed by atoms with Gasteiger partial charge in [-0.2, -0.15) is 0 Å². The fraction of sp³-hybridized carbons (Fsp3) is 0.622. The number of rotatable bonds is 16. The van der Waals surface area contributed by atoms with E-state index >= 15 is 0 Å². The molecule has 1 saturated carbocycles. The number of nitrogens with zero attached hydrogens (tertiary/aromatic N) is 1. The molecule has 3 rings (SSSR count). The van der Waals surface area contributed by atoms with Crippen LogP contribution in [-0.4, -0.2) is 50.4 Å². The third kappa shape index (κ3) is 9.23. The average Bonchev–Trinajstić information content (AvgIpc) is 3.05. The molecule has 0 spiro atoms. The second kappa shape index (κ2) is 16.6. The first-order valence-electron chi connectivity index (χ1n) is 17.1. The van der Waals surface area contributed by atoms with Gasteiger partial charge in [0.1, 0.15) is 5.75 Å². The predicted octanol–water partition coefficient (Wildman–Crippen LogP) is 5.66. The Bertz CT molecular complexity index is 1320. The first kappa shape index (κ1) is 37.3. The van der Waals surface area contributed by atoms with E-state index in [2.05, 4.69) is 10.3 Å². The number of phenolic OH excluding ortho intramolecular Hbond substituents is 1. The van der Waals surface area contributed by atoms with Gasteiger partial charge in [-0.1, -0.05) is 72.4 Å². The Hall–Kier alpha value is -3.14. The highest BCUT2D eigenvalue weighted by Gasteiger charge is 2.44. The van der Waals surface area contributed by atoms with Crippen molar-refractivity contribution in [3.63, 3.8) is 0 Å². The van der Waals surface area contributed by atoms with Crippen LogP contribution >= 0.6 is 0 Å². The number of Topliss-reactive ketones (excluding diaryl/α,β-unsaturated/α-hetero) is 2. The molecule has 2 unspecified atom stereocenters. The zero-order chi connectivity index (χ0) is 34.2. The van der Waals surface area contributed by atoms with Crippen molar-refractivity contribution in [2.45, 2.75) is 123 Å². The summed E-state index contributed by atoms with van der Waals surface area (Å²) in [5.74, 6) is -1.51. The van der Waals surface area contributed by atoms with Gasteiger partial charge in [0.25, 0.3) is 0 Å². The van der Waals surface area contributed by atoms with Gasteiger partial charge in [0, 0.05) is 35.7 Å². The summed E-state index contributed by atoms with van der Waals surface area (Å²) < 4.78 is 0. The molecule has 46 heavy (non-hydrogen) atoms. The molecule has 6 atom stereocenters. The van der Waals surface area contributed by atoms with Gasteiger partial charge in [-0.05, 0) is 73.6 Å². The molecule has 1 fully saturated rings. The predicted molar refractivity (Wildman–Crippen MR) is 181 cm³/mol. The number of aromatic hydroxyl groups is 1. The number of carbonyl (C=O) groups excluding carboxylic acids is 3. The van der Waals surface area contributed by atoms with Gasteiger partial charge in [0.15, 0.2) is 11.6 Å². The standard InChI is InChI=1S/C37H56N4O5/c1-7-23(4)34(39)36(45)41-20-28-18-30(33(43)17-24(5)26-13-15-29(42)16-14-26)32(21-40-28)35(44)31(22(2)3)19-37(46,25(6)38)27-11-9-8-10-12-27/h13-16,18,21-25,27,31,34,42,46H,7-12,17,19-20,38-39H2,1-6H3,(H,41,45)/t23-,24?,25-,31?,34-,37+/m0/s1. The van der Waals surface area contributed by atoms with Crippen LogP contribution in [0.4, 0.5) is 0 Å². The number of nitrogens with two attached hydrogens (primary N) is 2. The lowest BCUT2D eigenvalue weighted by molar-refractivity contribution is -0.123. The maximum atomic E-state index is 14.4. The summed E-state index contributed by atoms with van der Waals surface area (Å²) in [6.07, 6.45) is 7.47. The number of hydrogen-bond acceptors (Lipinski definition) is 8. The minimum absolute atomic E-state index is 0.00272. The largest absolute Gasteiger partial charge is 0.508 e. The quantitative estimate of drug-likeness (QED) is 0.147.